The Kier molecular flexibility index (Phi) is 5.87. The minimum Gasteiger partial charge on any atom is -0.313 e. The quantitative estimate of drug-likeness (QED) is 0.463. The zero-order chi connectivity index (χ0) is 12.6. The van der Waals surface area contributed by atoms with Crippen LogP contribution in [0.3, 0.4) is 0 Å². The lowest BCUT2D eigenvalue weighted by molar-refractivity contribution is 0.621. The zero-order valence-electron chi connectivity index (χ0n) is 10.5. The molecule has 0 aliphatic heterocycles. The largest absolute Gasteiger partial charge is 0.313 e. The normalized spacial score (nSPS) is 10.9. The summed E-state index contributed by atoms with van der Waals surface area (Å²) < 4.78 is 1.27. The van der Waals surface area contributed by atoms with E-state index in [-0.39, 0.29) is 0 Å². The number of benzene rings is 1. The van der Waals surface area contributed by atoms with E-state index >= 15 is 0 Å². The highest BCUT2D eigenvalue weighted by Crippen LogP contribution is 2.15. The molecule has 1 heterocycles. The molecular formula is C15H19IN2. The first-order valence-corrected chi connectivity index (χ1v) is 8.03. The molecule has 0 saturated heterocycles. The van der Waals surface area contributed by atoms with E-state index in [4.69, 9.17) is 0 Å². The highest BCUT2D eigenvalue weighted by atomic mass is 127. The number of halogens is 1. The number of hydrogen-bond acceptors (Lipinski definition) is 2. The van der Waals surface area contributed by atoms with Crippen LogP contribution in [0.1, 0.15) is 24.8 Å². The summed E-state index contributed by atoms with van der Waals surface area (Å²) in [6, 6.07) is 10.5. The second-order valence-corrected chi connectivity index (χ2v) is 5.50. The van der Waals surface area contributed by atoms with Crippen LogP contribution in [0.15, 0.2) is 36.5 Å². The van der Waals surface area contributed by atoms with Crippen LogP contribution in [0.2, 0.25) is 0 Å². The number of unbranched alkanes of at least 4 members (excludes halogenated alkanes) is 2. The van der Waals surface area contributed by atoms with Gasteiger partial charge in [0.2, 0.25) is 0 Å². The van der Waals surface area contributed by atoms with E-state index in [0.29, 0.717) is 0 Å². The summed E-state index contributed by atoms with van der Waals surface area (Å²) in [4.78, 5) is 4.47. The van der Waals surface area contributed by atoms with Gasteiger partial charge in [0.1, 0.15) is 0 Å². The van der Waals surface area contributed by atoms with Crippen LogP contribution in [0.4, 0.5) is 0 Å². The topological polar surface area (TPSA) is 24.9 Å². The molecule has 0 unspecified atom stereocenters. The SMILES string of the molecule is ICCCCCNCc1cccc2cccnc12. The molecule has 1 N–H and O–H groups in total. The summed E-state index contributed by atoms with van der Waals surface area (Å²) in [7, 11) is 0. The highest BCUT2D eigenvalue weighted by Gasteiger charge is 2.00. The molecule has 0 aliphatic carbocycles. The fraction of sp³-hybridized carbons (Fsp3) is 0.400. The van der Waals surface area contributed by atoms with Crippen LogP contribution in [0.25, 0.3) is 10.9 Å². The molecule has 2 rings (SSSR count). The Morgan fingerprint density at radius 1 is 1.06 bits per heavy atom. The number of hydrogen-bond donors (Lipinski definition) is 1. The summed E-state index contributed by atoms with van der Waals surface area (Å²) in [6.07, 6.45) is 5.79. The molecule has 0 fully saturated rings. The monoisotopic (exact) mass is 354 g/mol. The van der Waals surface area contributed by atoms with Crippen LogP contribution in [-0.2, 0) is 6.54 Å². The second-order valence-electron chi connectivity index (χ2n) is 4.42. The predicted molar refractivity (Wildman–Crippen MR) is 86.2 cm³/mol. The number of alkyl halides is 1. The molecule has 3 heteroatoms. The van der Waals surface area contributed by atoms with E-state index in [9.17, 15) is 0 Å². The molecule has 2 nitrogen and oxygen atoms in total. The van der Waals surface area contributed by atoms with Crippen LogP contribution < -0.4 is 5.32 Å². The third-order valence-corrected chi connectivity index (χ3v) is 3.78. The number of nitrogens with one attached hydrogen (secondary N) is 1. The number of rotatable bonds is 7. The molecular weight excluding hydrogens is 335 g/mol. The van der Waals surface area contributed by atoms with Crippen LogP contribution in [-0.4, -0.2) is 16.0 Å². The smallest absolute Gasteiger partial charge is 0.0746 e. The fourth-order valence-electron chi connectivity index (χ4n) is 2.05. The van der Waals surface area contributed by atoms with Gasteiger partial charge in [0.25, 0.3) is 0 Å². The Morgan fingerprint density at radius 3 is 2.83 bits per heavy atom. The number of aromatic nitrogens is 1. The summed E-state index contributed by atoms with van der Waals surface area (Å²) in [6.45, 7) is 2.01. The molecule has 2 aromatic rings. The highest BCUT2D eigenvalue weighted by molar-refractivity contribution is 14.1. The van der Waals surface area contributed by atoms with Crippen molar-refractivity contribution in [2.24, 2.45) is 0 Å². The Hall–Kier alpha value is -0.680. The van der Waals surface area contributed by atoms with Gasteiger partial charge in [-0.2, -0.15) is 0 Å². The lowest BCUT2D eigenvalue weighted by Crippen LogP contribution is -2.15. The molecule has 0 amide bonds. The van der Waals surface area contributed by atoms with Crippen molar-refractivity contribution in [2.45, 2.75) is 25.8 Å². The fourth-order valence-corrected chi connectivity index (χ4v) is 2.59. The van der Waals surface area contributed by atoms with Gasteiger partial charge in [-0.1, -0.05) is 53.3 Å². The first kappa shape index (κ1) is 13.7. The number of fused-ring (bicyclic) bond motifs is 1. The molecule has 1 aromatic heterocycles. The number of para-hydroxylation sites is 1. The van der Waals surface area contributed by atoms with Crippen molar-refractivity contribution in [3.05, 3.63) is 42.1 Å². The van der Waals surface area contributed by atoms with Gasteiger partial charge in [-0.15, -0.1) is 0 Å². The van der Waals surface area contributed by atoms with Gasteiger partial charge in [-0.3, -0.25) is 4.98 Å². The average Bonchev–Trinajstić information content (AvgIpc) is 2.43. The van der Waals surface area contributed by atoms with Crippen molar-refractivity contribution in [2.75, 3.05) is 11.0 Å². The Balaban J connectivity index is 1.88. The van der Waals surface area contributed by atoms with Crippen molar-refractivity contribution >= 4 is 33.5 Å². The van der Waals surface area contributed by atoms with E-state index in [1.165, 1.54) is 34.6 Å². The molecule has 0 spiro atoms. The summed E-state index contributed by atoms with van der Waals surface area (Å²) in [5.74, 6) is 0. The minimum absolute atomic E-state index is 0.915. The van der Waals surface area contributed by atoms with E-state index in [2.05, 4.69) is 57.2 Å². The third kappa shape index (κ3) is 3.92. The maximum Gasteiger partial charge on any atom is 0.0746 e. The Bertz CT molecular complexity index is 479. The van der Waals surface area contributed by atoms with Crippen molar-refractivity contribution in [1.29, 1.82) is 0 Å². The predicted octanol–water partition coefficient (Wildman–Crippen LogP) is 3.93. The molecule has 0 atom stereocenters. The summed E-state index contributed by atoms with van der Waals surface area (Å²) in [5, 5.41) is 4.73. The molecule has 0 aliphatic rings. The van der Waals surface area contributed by atoms with Gasteiger partial charge in [0, 0.05) is 18.1 Å². The Morgan fingerprint density at radius 2 is 1.94 bits per heavy atom. The van der Waals surface area contributed by atoms with Crippen molar-refractivity contribution < 1.29 is 0 Å². The minimum atomic E-state index is 0.915. The maximum absolute atomic E-state index is 4.47. The van der Waals surface area contributed by atoms with E-state index in [0.717, 1.165) is 18.6 Å². The number of pyridine rings is 1. The second kappa shape index (κ2) is 7.69. The first-order valence-electron chi connectivity index (χ1n) is 6.51. The first-order chi connectivity index (χ1) is 8.92. The average molecular weight is 354 g/mol. The lowest BCUT2D eigenvalue weighted by atomic mass is 10.1. The van der Waals surface area contributed by atoms with Crippen molar-refractivity contribution in [3.63, 3.8) is 0 Å². The number of nitrogens with zero attached hydrogens (tertiary/aromatic N) is 1. The van der Waals surface area contributed by atoms with Gasteiger partial charge in [-0.05, 0) is 35.4 Å². The summed E-state index contributed by atoms with van der Waals surface area (Å²) in [5.41, 5.74) is 2.42. The van der Waals surface area contributed by atoms with Gasteiger partial charge in [0.15, 0.2) is 0 Å². The van der Waals surface area contributed by atoms with Gasteiger partial charge >= 0.3 is 0 Å². The Labute approximate surface area is 122 Å². The van der Waals surface area contributed by atoms with E-state index in [1.54, 1.807) is 0 Å². The van der Waals surface area contributed by atoms with Crippen LogP contribution >= 0.6 is 22.6 Å². The molecule has 0 saturated carbocycles. The van der Waals surface area contributed by atoms with Crippen molar-refractivity contribution in [1.82, 2.24) is 10.3 Å². The van der Waals surface area contributed by atoms with Crippen molar-refractivity contribution in [3.8, 4) is 0 Å². The molecule has 18 heavy (non-hydrogen) atoms. The molecule has 1 aromatic carbocycles. The standard InChI is InChI=1S/C15H19IN2/c16-9-2-1-3-10-17-12-14-7-4-6-13-8-5-11-18-15(13)14/h4-8,11,17H,1-3,9-10,12H2. The van der Waals surface area contributed by atoms with E-state index < -0.39 is 0 Å². The van der Waals surface area contributed by atoms with Crippen LogP contribution in [0.5, 0.6) is 0 Å². The third-order valence-electron chi connectivity index (χ3n) is 3.02. The van der Waals surface area contributed by atoms with Gasteiger partial charge in [0.05, 0.1) is 5.52 Å². The lowest BCUT2D eigenvalue weighted by Gasteiger charge is -2.07. The van der Waals surface area contributed by atoms with Gasteiger partial charge < -0.3 is 5.32 Å². The molecule has 0 bridgehead atoms. The van der Waals surface area contributed by atoms with Crippen LogP contribution in [0, 0.1) is 0 Å². The van der Waals surface area contributed by atoms with E-state index in [1.807, 2.05) is 12.3 Å². The maximum atomic E-state index is 4.47. The summed E-state index contributed by atoms with van der Waals surface area (Å²) >= 11 is 2.44. The molecule has 0 radical (unpaired) electrons. The van der Waals surface area contributed by atoms with Gasteiger partial charge in [-0.25, -0.2) is 0 Å². The zero-order valence-corrected chi connectivity index (χ0v) is 12.7. The molecule has 96 valence electrons.